The number of carbonyl (C=O) groups is 1. The maximum Gasteiger partial charge on any atom is 0.227 e. The lowest BCUT2D eigenvalue weighted by Gasteiger charge is -2.32. The Hall–Kier alpha value is -0.830. The van der Waals surface area contributed by atoms with Crippen molar-refractivity contribution in [2.75, 3.05) is 19.6 Å². The van der Waals surface area contributed by atoms with Gasteiger partial charge >= 0.3 is 0 Å². The van der Waals surface area contributed by atoms with E-state index in [1.54, 1.807) is 0 Å². The van der Waals surface area contributed by atoms with Gasteiger partial charge in [0.05, 0.1) is 5.41 Å². The van der Waals surface area contributed by atoms with E-state index >= 15 is 0 Å². The van der Waals surface area contributed by atoms with E-state index in [-0.39, 0.29) is 11.3 Å². The van der Waals surface area contributed by atoms with E-state index in [0.29, 0.717) is 6.54 Å². The zero-order valence-corrected chi connectivity index (χ0v) is 9.15. The molecule has 1 aliphatic rings. The fraction of sp³-hybridized carbons (Fsp3) is 0.727. The third-order valence-electron chi connectivity index (χ3n) is 2.70. The number of piperidine rings is 1. The minimum atomic E-state index is -0.228. The van der Waals surface area contributed by atoms with Gasteiger partial charge in [-0.1, -0.05) is 12.2 Å². The molecule has 0 aromatic heterocycles. The molecule has 1 heterocycles. The van der Waals surface area contributed by atoms with E-state index < -0.39 is 0 Å². The molecule has 0 bridgehead atoms. The third kappa shape index (κ3) is 2.84. The van der Waals surface area contributed by atoms with Crippen molar-refractivity contribution < 1.29 is 4.79 Å². The molecule has 1 rings (SSSR count). The van der Waals surface area contributed by atoms with Crippen LogP contribution in [0.1, 0.15) is 26.7 Å². The van der Waals surface area contributed by atoms with Crippen LogP contribution in [0.5, 0.6) is 0 Å². The van der Waals surface area contributed by atoms with Crippen molar-refractivity contribution in [3.8, 4) is 0 Å². The monoisotopic (exact) mass is 196 g/mol. The van der Waals surface area contributed by atoms with Crippen molar-refractivity contribution in [2.24, 2.45) is 5.41 Å². The van der Waals surface area contributed by atoms with Gasteiger partial charge in [0.25, 0.3) is 0 Å². The molecule has 0 aromatic carbocycles. The van der Waals surface area contributed by atoms with Crippen molar-refractivity contribution in [3.05, 3.63) is 12.2 Å². The predicted octanol–water partition coefficient (Wildman–Crippen LogP) is 1.07. The van der Waals surface area contributed by atoms with Crippen LogP contribution in [0.3, 0.4) is 0 Å². The Balaban J connectivity index is 2.45. The Bertz CT molecular complexity index is 229. The van der Waals surface area contributed by atoms with Crippen LogP contribution in [0.4, 0.5) is 0 Å². The highest BCUT2D eigenvalue weighted by Gasteiger charge is 2.34. The van der Waals surface area contributed by atoms with Crippen LogP contribution < -0.4 is 10.6 Å². The highest BCUT2D eigenvalue weighted by molar-refractivity contribution is 5.82. The van der Waals surface area contributed by atoms with Gasteiger partial charge in [-0.05, 0) is 33.2 Å². The highest BCUT2D eigenvalue weighted by Crippen LogP contribution is 2.25. The zero-order valence-electron chi connectivity index (χ0n) is 9.15. The van der Waals surface area contributed by atoms with Crippen LogP contribution in [0, 0.1) is 5.41 Å². The van der Waals surface area contributed by atoms with E-state index in [1.165, 1.54) is 0 Å². The van der Waals surface area contributed by atoms with Gasteiger partial charge in [0.15, 0.2) is 0 Å². The molecule has 1 aliphatic heterocycles. The van der Waals surface area contributed by atoms with Crippen LogP contribution in [0.25, 0.3) is 0 Å². The second-order valence-electron chi connectivity index (χ2n) is 4.48. The number of carbonyl (C=O) groups excluding carboxylic acids is 1. The number of rotatable bonds is 3. The molecule has 1 amide bonds. The third-order valence-corrected chi connectivity index (χ3v) is 2.70. The van der Waals surface area contributed by atoms with Crippen LogP contribution in [-0.4, -0.2) is 25.5 Å². The Labute approximate surface area is 86.0 Å². The maximum absolute atomic E-state index is 11.8. The van der Waals surface area contributed by atoms with Crippen molar-refractivity contribution in [3.63, 3.8) is 0 Å². The number of hydrogen-bond donors (Lipinski definition) is 2. The number of amides is 1. The maximum atomic E-state index is 11.8. The van der Waals surface area contributed by atoms with Crippen molar-refractivity contribution in [2.45, 2.75) is 26.7 Å². The first-order chi connectivity index (χ1) is 6.54. The molecule has 14 heavy (non-hydrogen) atoms. The van der Waals surface area contributed by atoms with E-state index in [4.69, 9.17) is 0 Å². The van der Waals surface area contributed by atoms with E-state index in [9.17, 15) is 4.79 Å². The first-order valence-electron chi connectivity index (χ1n) is 5.18. The molecular weight excluding hydrogens is 176 g/mol. The minimum absolute atomic E-state index is 0.146. The van der Waals surface area contributed by atoms with Gasteiger partial charge in [0.2, 0.25) is 5.91 Å². The SMILES string of the molecule is C=C(C)CNC(=O)C1(C)CCCNC1. The van der Waals surface area contributed by atoms with E-state index in [2.05, 4.69) is 17.2 Å². The summed E-state index contributed by atoms with van der Waals surface area (Å²) in [6.07, 6.45) is 2.05. The Morgan fingerprint density at radius 1 is 1.64 bits per heavy atom. The Morgan fingerprint density at radius 3 is 2.86 bits per heavy atom. The van der Waals surface area contributed by atoms with E-state index in [0.717, 1.165) is 31.5 Å². The minimum Gasteiger partial charge on any atom is -0.352 e. The Kier molecular flexibility index (Phi) is 3.69. The fourth-order valence-corrected chi connectivity index (χ4v) is 1.69. The second kappa shape index (κ2) is 4.60. The van der Waals surface area contributed by atoms with Gasteiger partial charge in [-0.3, -0.25) is 4.79 Å². The normalized spacial score (nSPS) is 27.0. The van der Waals surface area contributed by atoms with Gasteiger partial charge in [0.1, 0.15) is 0 Å². The molecule has 0 saturated carbocycles. The van der Waals surface area contributed by atoms with Crippen LogP contribution >= 0.6 is 0 Å². The molecule has 1 saturated heterocycles. The summed E-state index contributed by atoms with van der Waals surface area (Å²) < 4.78 is 0. The molecule has 1 fully saturated rings. The summed E-state index contributed by atoms with van der Waals surface area (Å²) in [7, 11) is 0. The topological polar surface area (TPSA) is 41.1 Å². The zero-order chi connectivity index (χ0) is 10.6. The quantitative estimate of drug-likeness (QED) is 0.663. The van der Waals surface area contributed by atoms with Crippen molar-refractivity contribution in [1.82, 2.24) is 10.6 Å². The molecule has 0 aliphatic carbocycles. The lowest BCUT2D eigenvalue weighted by atomic mass is 9.82. The molecule has 80 valence electrons. The van der Waals surface area contributed by atoms with Crippen molar-refractivity contribution in [1.29, 1.82) is 0 Å². The first kappa shape index (κ1) is 11.2. The highest BCUT2D eigenvalue weighted by atomic mass is 16.2. The molecule has 3 heteroatoms. The number of nitrogens with one attached hydrogen (secondary N) is 2. The summed E-state index contributed by atoms with van der Waals surface area (Å²) in [5, 5.41) is 6.17. The molecule has 0 spiro atoms. The molecule has 1 atom stereocenters. The van der Waals surface area contributed by atoms with E-state index in [1.807, 2.05) is 13.8 Å². The van der Waals surface area contributed by atoms with Gasteiger partial charge < -0.3 is 10.6 Å². The summed E-state index contributed by atoms with van der Waals surface area (Å²) in [5.41, 5.74) is 0.763. The summed E-state index contributed by atoms with van der Waals surface area (Å²) >= 11 is 0. The summed E-state index contributed by atoms with van der Waals surface area (Å²) in [4.78, 5) is 11.8. The van der Waals surface area contributed by atoms with Gasteiger partial charge in [-0.2, -0.15) is 0 Å². The lowest BCUT2D eigenvalue weighted by Crippen LogP contribution is -2.48. The average molecular weight is 196 g/mol. The smallest absolute Gasteiger partial charge is 0.227 e. The molecule has 0 aromatic rings. The second-order valence-corrected chi connectivity index (χ2v) is 4.48. The molecule has 2 N–H and O–H groups in total. The lowest BCUT2D eigenvalue weighted by molar-refractivity contribution is -0.130. The van der Waals surface area contributed by atoms with Gasteiger partial charge in [-0.15, -0.1) is 0 Å². The molecular formula is C11H20N2O. The molecule has 1 unspecified atom stereocenters. The van der Waals surface area contributed by atoms with Crippen LogP contribution in [-0.2, 0) is 4.79 Å². The summed E-state index contributed by atoms with van der Waals surface area (Å²) in [6.45, 7) is 10.1. The van der Waals surface area contributed by atoms with Crippen LogP contribution in [0.2, 0.25) is 0 Å². The van der Waals surface area contributed by atoms with Gasteiger partial charge in [-0.25, -0.2) is 0 Å². The van der Waals surface area contributed by atoms with Crippen LogP contribution in [0.15, 0.2) is 12.2 Å². The number of hydrogen-bond acceptors (Lipinski definition) is 2. The fourth-order valence-electron chi connectivity index (χ4n) is 1.69. The largest absolute Gasteiger partial charge is 0.352 e. The summed E-state index contributed by atoms with van der Waals surface area (Å²) in [6, 6.07) is 0. The standard InChI is InChI=1S/C11H20N2O/c1-9(2)7-13-10(14)11(3)5-4-6-12-8-11/h12H,1,4-8H2,2-3H3,(H,13,14). The predicted molar refractivity (Wildman–Crippen MR) is 58.0 cm³/mol. The van der Waals surface area contributed by atoms with Crippen molar-refractivity contribution >= 4 is 5.91 Å². The first-order valence-corrected chi connectivity index (χ1v) is 5.18. The Morgan fingerprint density at radius 2 is 2.36 bits per heavy atom. The molecule has 3 nitrogen and oxygen atoms in total. The summed E-state index contributed by atoms with van der Waals surface area (Å²) in [5.74, 6) is 0.146. The average Bonchev–Trinajstić information content (AvgIpc) is 2.15. The molecule has 0 radical (unpaired) electrons. The van der Waals surface area contributed by atoms with Gasteiger partial charge in [0, 0.05) is 13.1 Å².